The van der Waals surface area contributed by atoms with Crippen LogP contribution in [0.4, 0.5) is 5.69 Å². The summed E-state index contributed by atoms with van der Waals surface area (Å²) in [7, 11) is 0. The fraction of sp³-hybridized carbons (Fsp3) is 0.167. The number of nitrogens with one attached hydrogen (secondary N) is 2. The molecular formula is C18H18ClN3O2. The highest BCUT2D eigenvalue weighted by molar-refractivity contribution is 6.30. The lowest BCUT2D eigenvalue weighted by molar-refractivity contribution is -0.124. The van der Waals surface area contributed by atoms with Crippen molar-refractivity contribution in [1.29, 1.82) is 0 Å². The van der Waals surface area contributed by atoms with E-state index in [1.54, 1.807) is 24.3 Å². The number of aryl methyl sites for hydroxylation is 1. The van der Waals surface area contributed by atoms with Gasteiger partial charge in [-0.15, -0.1) is 0 Å². The number of amides is 2. The lowest BCUT2D eigenvalue weighted by Crippen LogP contribution is -2.20. The molecule has 0 saturated carbocycles. The topological polar surface area (TPSA) is 70.6 Å². The van der Waals surface area contributed by atoms with E-state index in [-0.39, 0.29) is 24.7 Å². The number of nitrogens with zero attached hydrogens (tertiary/aromatic N) is 1. The number of carbonyl (C=O) groups is 2. The van der Waals surface area contributed by atoms with Gasteiger partial charge in [-0.1, -0.05) is 41.9 Å². The van der Waals surface area contributed by atoms with Crippen LogP contribution in [0.2, 0.25) is 5.02 Å². The third-order valence-corrected chi connectivity index (χ3v) is 3.52. The Labute approximate surface area is 145 Å². The minimum absolute atomic E-state index is 0.0652. The Hall–Kier alpha value is -2.66. The summed E-state index contributed by atoms with van der Waals surface area (Å²) in [4.78, 5) is 23.5. The van der Waals surface area contributed by atoms with E-state index in [0.29, 0.717) is 5.02 Å². The number of halogens is 1. The summed E-state index contributed by atoms with van der Waals surface area (Å²) in [5.74, 6) is -0.527. The molecule has 0 bridgehead atoms. The number of benzene rings is 2. The smallest absolute Gasteiger partial charge is 0.240 e. The van der Waals surface area contributed by atoms with Crippen molar-refractivity contribution >= 4 is 35.3 Å². The maximum Gasteiger partial charge on any atom is 0.240 e. The second-order valence-electron chi connectivity index (χ2n) is 5.21. The first-order valence-electron chi connectivity index (χ1n) is 7.47. The monoisotopic (exact) mass is 343 g/mol. The van der Waals surface area contributed by atoms with Gasteiger partial charge in [0.1, 0.15) is 0 Å². The molecule has 124 valence electrons. The van der Waals surface area contributed by atoms with Gasteiger partial charge in [0.15, 0.2) is 0 Å². The molecule has 5 nitrogen and oxygen atoms in total. The highest BCUT2D eigenvalue weighted by Gasteiger charge is 2.07. The van der Waals surface area contributed by atoms with Gasteiger partial charge in [-0.2, -0.15) is 5.10 Å². The van der Waals surface area contributed by atoms with Crippen LogP contribution < -0.4 is 10.7 Å². The molecule has 0 fully saturated rings. The molecule has 24 heavy (non-hydrogen) atoms. The maximum atomic E-state index is 11.9. The van der Waals surface area contributed by atoms with Gasteiger partial charge in [0.05, 0.1) is 6.21 Å². The molecule has 0 aliphatic carbocycles. The van der Waals surface area contributed by atoms with E-state index in [4.69, 9.17) is 11.6 Å². The first kappa shape index (κ1) is 17.7. The molecule has 2 N–H and O–H groups in total. The van der Waals surface area contributed by atoms with Crippen LogP contribution >= 0.6 is 11.6 Å². The molecular weight excluding hydrogens is 326 g/mol. The van der Waals surface area contributed by atoms with Gasteiger partial charge in [0, 0.05) is 23.6 Å². The number of hydrogen-bond donors (Lipinski definition) is 2. The predicted molar refractivity (Wildman–Crippen MR) is 96.2 cm³/mol. The number of carbonyl (C=O) groups excluding carboxylic acids is 2. The predicted octanol–water partition coefficient (Wildman–Crippen LogP) is 3.52. The van der Waals surface area contributed by atoms with Crippen molar-refractivity contribution in [3.8, 4) is 0 Å². The Balaban J connectivity index is 1.73. The molecule has 2 aromatic rings. The van der Waals surface area contributed by atoms with E-state index in [0.717, 1.165) is 16.8 Å². The normalized spacial score (nSPS) is 10.6. The number of anilines is 1. The maximum absolute atomic E-state index is 11.9. The second-order valence-corrected chi connectivity index (χ2v) is 5.64. The van der Waals surface area contributed by atoms with E-state index in [1.807, 2.05) is 31.2 Å². The van der Waals surface area contributed by atoms with Gasteiger partial charge in [-0.3, -0.25) is 9.59 Å². The fourth-order valence-electron chi connectivity index (χ4n) is 1.94. The van der Waals surface area contributed by atoms with Crippen molar-refractivity contribution in [3.63, 3.8) is 0 Å². The molecule has 6 heteroatoms. The van der Waals surface area contributed by atoms with Crippen LogP contribution in [-0.2, 0) is 9.59 Å². The molecule has 0 heterocycles. The Kier molecular flexibility index (Phi) is 6.51. The van der Waals surface area contributed by atoms with Gasteiger partial charge >= 0.3 is 0 Å². The molecule has 0 atom stereocenters. The van der Waals surface area contributed by atoms with Crippen LogP contribution in [0.5, 0.6) is 0 Å². The Morgan fingerprint density at radius 2 is 1.71 bits per heavy atom. The Bertz CT molecular complexity index is 742. The van der Waals surface area contributed by atoms with Crippen molar-refractivity contribution in [1.82, 2.24) is 5.43 Å². The van der Waals surface area contributed by atoms with Crippen molar-refractivity contribution in [3.05, 3.63) is 64.7 Å². The van der Waals surface area contributed by atoms with Crippen LogP contribution in [0, 0.1) is 6.92 Å². The van der Waals surface area contributed by atoms with E-state index < -0.39 is 0 Å². The molecule has 2 rings (SSSR count). The summed E-state index contributed by atoms with van der Waals surface area (Å²) in [5, 5.41) is 7.27. The Morgan fingerprint density at radius 1 is 1.04 bits per heavy atom. The second kappa shape index (κ2) is 8.84. The van der Waals surface area contributed by atoms with E-state index >= 15 is 0 Å². The van der Waals surface area contributed by atoms with Crippen molar-refractivity contribution < 1.29 is 9.59 Å². The van der Waals surface area contributed by atoms with Gasteiger partial charge in [-0.25, -0.2) is 5.43 Å². The molecule has 2 amide bonds. The third-order valence-electron chi connectivity index (χ3n) is 3.27. The molecule has 0 saturated heterocycles. The molecule has 0 aliphatic rings. The van der Waals surface area contributed by atoms with E-state index in [1.165, 1.54) is 6.21 Å². The summed E-state index contributed by atoms with van der Waals surface area (Å²) in [5.41, 5.74) is 4.94. The standard InChI is InChI=1S/C18H18ClN3O2/c1-13-4-2-3-5-16(13)21-17(23)10-11-18(24)22-20-12-14-6-8-15(19)9-7-14/h2-9,12H,10-11H2,1H3,(H,21,23)(H,22,24)/b20-12+. The zero-order valence-corrected chi connectivity index (χ0v) is 14.0. The number of rotatable bonds is 6. The SMILES string of the molecule is Cc1ccccc1NC(=O)CCC(=O)N/N=C/c1ccc(Cl)cc1. The largest absolute Gasteiger partial charge is 0.326 e. The van der Waals surface area contributed by atoms with Crippen LogP contribution in [0.15, 0.2) is 53.6 Å². The third kappa shape index (κ3) is 5.85. The lowest BCUT2D eigenvalue weighted by Gasteiger charge is -2.07. The average Bonchev–Trinajstić information content (AvgIpc) is 2.57. The van der Waals surface area contributed by atoms with Crippen molar-refractivity contribution in [2.45, 2.75) is 19.8 Å². The summed E-state index contributed by atoms with van der Waals surface area (Å²) in [6.45, 7) is 1.91. The molecule has 0 spiro atoms. The molecule has 0 unspecified atom stereocenters. The molecule has 2 aromatic carbocycles. The van der Waals surface area contributed by atoms with Crippen LogP contribution in [0.25, 0.3) is 0 Å². The quantitative estimate of drug-likeness (QED) is 0.622. The van der Waals surface area contributed by atoms with Gasteiger partial charge < -0.3 is 5.32 Å². The fourth-order valence-corrected chi connectivity index (χ4v) is 2.06. The highest BCUT2D eigenvalue weighted by atomic mass is 35.5. The highest BCUT2D eigenvalue weighted by Crippen LogP contribution is 2.13. The van der Waals surface area contributed by atoms with E-state index in [2.05, 4.69) is 15.8 Å². The lowest BCUT2D eigenvalue weighted by atomic mass is 10.2. The zero-order valence-electron chi connectivity index (χ0n) is 13.3. The minimum atomic E-state index is -0.319. The van der Waals surface area contributed by atoms with Crippen LogP contribution in [0.1, 0.15) is 24.0 Å². The zero-order chi connectivity index (χ0) is 17.4. The first-order chi connectivity index (χ1) is 11.5. The minimum Gasteiger partial charge on any atom is -0.326 e. The van der Waals surface area contributed by atoms with Gasteiger partial charge in [-0.05, 0) is 36.2 Å². The van der Waals surface area contributed by atoms with E-state index in [9.17, 15) is 9.59 Å². The number of hydrogen-bond acceptors (Lipinski definition) is 3. The number of hydrazone groups is 1. The average molecular weight is 344 g/mol. The van der Waals surface area contributed by atoms with Gasteiger partial charge in [0.25, 0.3) is 0 Å². The van der Waals surface area contributed by atoms with Crippen molar-refractivity contribution in [2.24, 2.45) is 5.10 Å². The Morgan fingerprint density at radius 3 is 2.42 bits per heavy atom. The van der Waals surface area contributed by atoms with Crippen LogP contribution in [-0.4, -0.2) is 18.0 Å². The summed E-state index contributed by atoms with van der Waals surface area (Å²) >= 11 is 5.78. The first-order valence-corrected chi connectivity index (χ1v) is 7.85. The molecule has 0 aromatic heterocycles. The van der Waals surface area contributed by atoms with Gasteiger partial charge in [0.2, 0.25) is 11.8 Å². The number of para-hydroxylation sites is 1. The summed E-state index contributed by atoms with van der Waals surface area (Å²) in [6, 6.07) is 14.5. The molecule has 0 radical (unpaired) electrons. The molecule has 0 aliphatic heterocycles. The van der Waals surface area contributed by atoms with Crippen molar-refractivity contribution in [2.75, 3.05) is 5.32 Å². The van der Waals surface area contributed by atoms with Crippen LogP contribution in [0.3, 0.4) is 0 Å². The summed E-state index contributed by atoms with van der Waals surface area (Å²) in [6.07, 6.45) is 1.67. The summed E-state index contributed by atoms with van der Waals surface area (Å²) < 4.78 is 0.